The average Bonchev–Trinajstić information content (AvgIpc) is 2.55. The lowest BCUT2D eigenvalue weighted by atomic mass is 10.2. The van der Waals surface area contributed by atoms with Gasteiger partial charge in [0.25, 0.3) is 0 Å². The summed E-state index contributed by atoms with van der Waals surface area (Å²) in [5.41, 5.74) is 0. The zero-order chi connectivity index (χ0) is 7.68. The molecule has 1 fully saturated rings. The molecule has 4 heteroatoms. The van der Waals surface area contributed by atoms with Gasteiger partial charge >= 0.3 is 0 Å². The van der Waals surface area contributed by atoms with E-state index in [0.717, 1.165) is 12.4 Å². The van der Waals surface area contributed by atoms with Crippen LogP contribution in [0.1, 0.15) is 24.7 Å². The van der Waals surface area contributed by atoms with Gasteiger partial charge in [-0.15, -0.1) is 0 Å². The third kappa shape index (κ3) is 1.26. The standard InChI is InChI=1S/C7H12N4/c1-11-5-9-7(10-11)6-3-2-4-8-6/h5-6,8H,2-4H2,1H3/t6-/m0/s1. The fourth-order valence-electron chi connectivity index (χ4n) is 1.42. The summed E-state index contributed by atoms with van der Waals surface area (Å²) in [7, 11) is 1.89. The Hall–Kier alpha value is -0.900. The van der Waals surface area contributed by atoms with Crippen LogP contribution in [0, 0.1) is 0 Å². The molecule has 0 unspecified atom stereocenters. The van der Waals surface area contributed by atoms with Crippen LogP contribution in [0.25, 0.3) is 0 Å². The van der Waals surface area contributed by atoms with Crippen molar-refractivity contribution in [1.29, 1.82) is 0 Å². The number of nitrogens with zero attached hydrogens (tertiary/aromatic N) is 3. The highest BCUT2D eigenvalue weighted by Crippen LogP contribution is 2.18. The molecule has 0 radical (unpaired) electrons. The maximum Gasteiger partial charge on any atom is 0.167 e. The van der Waals surface area contributed by atoms with Crippen molar-refractivity contribution in [1.82, 2.24) is 20.1 Å². The van der Waals surface area contributed by atoms with E-state index in [-0.39, 0.29) is 0 Å². The Morgan fingerprint density at radius 3 is 3.18 bits per heavy atom. The summed E-state index contributed by atoms with van der Waals surface area (Å²) in [5.74, 6) is 0.935. The lowest BCUT2D eigenvalue weighted by Gasteiger charge is -2.02. The Morgan fingerprint density at radius 2 is 2.64 bits per heavy atom. The number of hydrogen-bond acceptors (Lipinski definition) is 3. The van der Waals surface area contributed by atoms with Crippen molar-refractivity contribution in [3.8, 4) is 0 Å². The number of nitrogens with one attached hydrogen (secondary N) is 1. The molecule has 0 bridgehead atoms. The van der Waals surface area contributed by atoms with E-state index in [2.05, 4.69) is 15.4 Å². The number of rotatable bonds is 1. The molecule has 1 aromatic heterocycles. The van der Waals surface area contributed by atoms with Gasteiger partial charge in [0.1, 0.15) is 6.33 Å². The third-order valence-corrected chi connectivity index (χ3v) is 1.99. The van der Waals surface area contributed by atoms with Crippen LogP contribution in [0.2, 0.25) is 0 Å². The summed E-state index contributed by atoms with van der Waals surface area (Å²) in [4.78, 5) is 4.19. The van der Waals surface area contributed by atoms with Crippen molar-refractivity contribution >= 4 is 0 Å². The van der Waals surface area contributed by atoms with E-state index in [1.807, 2.05) is 7.05 Å². The average molecular weight is 152 g/mol. The fraction of sp³-hybridized carbons (Fsp3) is 0.714. The van der Waals surface area contributed by atoms with Crippen molar-refractivity contribution in [2.45, 2.75) is 18.9 Å². The minimum absolute atomic E-state index is 0.399. The molecule has 60 valence electrons. The van der Waals surface area contributed by atoms with E-state index in [9.17, 15) is 0 Å². The Bertz CT molecular complexity index is 236. The lowest BCUT2D eigenvalue weighted by Crippen LogP contribution is -2.14. The highest BCUT2D eigenvalue weighted by Gasteiger charge is 2.19. The van der Waals surface area contributed by atoms with Gasteiger partial charge < -0.3 is 5.32 Å². The van der Waals surface area contributed by atoms with Crippen LogP contribution in [0.3, 0.4) is 0 Å². The van der Waals surface area contributed by atoms with Gasteiger partial charge in [0.05, 0.1) is 6.04 Å². The Kier molecular flexibility index (Phi) is 1.62. The molecule has 1 atom stereocenters. The summed E-state index contributed by atoms with van der Waals surface area (Å²) >= 11 is 0. The maximum absolute atomic E-state index is 4.24. The molecule has 0 aromatic carbocycles. The second kappa shape index (κ2) is 2.62. The molecule has 11 heavy (non-hydrogen) atoms. The van der Waals surface area contributed by atoms with E-state index in [1.165, 1.54) is 12.8 Å². The SMILES string of the molecule is Cn1cnc([C@@H]2CCCN2)n1. The number of hydrogen-bond donors (Lipinski definition) is 1. The van der Waals surface area contributed by atoms with Gasteiger partial charge in [-0.25, -0.2) is 4.98 Å². The van der Waals surface area contributed by atoms with Crippen LogP contribution in [0.5, 0.6) is 0 Å². The Morgan fingerprint density at radius 1 is 1.73 bits per heavy atom. The second-order valence-electron chi connectivity index (χ2n) is 2.93. The monoisotopic (exact) mass is 152 g/mol. The highest BCUT2D eigenvalue weighted by atomic mass is 15.3. The van der Waals surface area contributed by atoms with E-state index in [4.69, 9.17) is 0 Å². The van der Waals surface area contributed by atoms with Gasteiger partial charge in [0, 0.05) is 7.05 Å². The second-order valence-corrected chi connectivity index (χ2v) is 2.93. The molecule has 1 aliphatic heterocycles. The van der Waals surface area contributed by atoms with Crippen LogP contribution < -0.4 is 5.32 Å². The summed E-state index contributed by atoms with van der Waals surface area (Å²) in [6, 6.07) is 0.399. The predicted molar refractivity (Wildman–Crippen MR) is 41.0 cm³/mol. The van der Waals surface area contributed by atoms with Crippen molar-refractivity contribution < 1.29 is 0 Å². The smallest absolute Gasteiger partial charge is 0.167 e. The van der Waals surface area contributed by atoms with Crippen molar-refractivity contribution in [2.24, 2.45) is 7.05 Å². The van der Waals surface area contributed by atoms with E-state index in [1.54, 1.807) is 11.0 Å². The molecule has 1 saturated heterocycles. The van der Waals surface area contributed by atoms with Gasteiger partial charge in [0.15, 0.2) is 5.82 Å². The first kappa shape index (κ1) is 6.79. The normalized spacial score (nSPS) is 24.3. The molecule has 0 aliphatic carbocycles. The molecule has 1 N–H and O–H groups in total. The van der Waals surface area contributed by atoms with Crippen molar-refractivity contribution in [3.63, 3.8) is 0 Å². The van der Waals surface area contributed by atoms with Crippen LogP contribution in [0.4, 0.5) is 0 Å². The van der Waals surface area contributed by atoms with E-state index < -0.39 is 0 Å². The Balaban J connectivity index is 2.15. The quantitative estimate of drug-likeness (QED) is 0.626. The molecule has 2 rings (SSSR count). The summed E-state index contributed by atoms with van der Waals surface area (Å²) in [6.45, 7) is 1.10. The molecule has 1 aliphatic rings. The van der Waals surface area contributed by atoms with Gasteiger partial charge in [-0.2, -0.15) is 5.10 Å². The van der Waals surface area contributed by atoms with Crippen LogP contribution in [-0.2, 0) is 7.05 Å². The van der Waals surface area contributed by atoms with Crippen LogP contribution in [-0.4, -0.2) is 21.3 Å². The van der Waals surface area contributed by atoms with Gasteiger partial charge in [-0.1, -0.05) is 0 Å². The molecular formula is C7H12N4. The zero-order valence-corrected chi connectivity index (χ0v) is 6.62. The maximum atomic E-state index is 4.24. The largest absolute Gasteiger partial charge is 0.307 e. The van der Waals surface area contributed by atoms with Crippen molar-refractivity contribution in [3.05, 3.63) is 12.2 Å². The minimum Gasteiger partial charge on any atom is -0.307 e. The minimum atomic E-state index is 0.399. The van der Waals surface area contributed by atoms with Crippen LogP contribution in [0.15, 0.2) is 6.33 Å². The van der Waals surface area contributed by atoms with Crippen molar-refractivity contribution in [2.75, 3.05) is 6.54 Å². The zero-order valence-electron chi connectivity index (χ0n) is 6.62. The first-order valence-corrected chi connectivity index (χ1v) is 3.95. The first-order valence-electron chi connectivity index (χ1n) is 3.95. The topological polar surface area (TPSA) is 42.7 Å². The molecule has 2 heterocycles. The summed E-state index contributed by atoms with van der Waals surface area (Å²) in [5, 5.41) is 7.58. The Labute approximate surface area is 65.6 Å². The first-order chi connectivity index (χ1) is 5.36. The number of aromatic nitrogens is 3. The van der Waals surface area contributed by atoms with E-state index in [0.29, 0.717) is 6.04 Å². The molecule has 0 spiro atoms. The molecule has 0 saturated carbocycles. The number of aryl methyl sites for hydroxylation is 1. The van der Waals surface area contributed by atoms with Gasteiger partial charge in [0.2, 0.25) is 0 Å². The molecule has 0 amide bonds. The third-order valence-electron chi connectivity index (χ3n) is 1.99. The lowest BCUT2D eigenvalue weighted by molar-refractivity contribution is 0.595. The van der Waals surface area contributed by atoms with E-state index >= 15 is 0 Å². The predicted octanol–water partition coefficient (Wildman–Crippen LogP) is 0.240. The molecule has 4 nitrogen and oxygen atoms in total. The highest BCUT2D eigenvalue weighted by molar-refractivity contribution is 4.94. The fourth-order valence-corrected chi connectivity index (χ4v) is 1.42. The van der Waals surface area contributed by atoms with Gasteiger partial charge in [-0.05, 0) is 19.4 Å². The summed E-state index contributed by atoms with van der Waals surface area (Å²) < 4.78 is 1.75. The molecular weight excluding hydrogens is 140 g/mol. The molecule has 1 aromatic rings. The van der Waals surface area contributed by atoms with Gasteiger partial charge in [-0.3, -0.25) is 4.68 Å². The van der Waals surface area contributed by atoms with Crippen LogP contribution >= 0.6 is 0 Å². The summed E-state index contributed by atoms with van der Waals surface area (Å²) in [6.07, 6.45) is 4.16.